The summed E-state index contributed by atoms with van der Waals surface area (Å²) in [5.41, 5.74) is 0.341. The molecule has 1 atom stereocenters. The number of rotatable bonds is 7. The lowest BCUT2D eigenvalue weighted by Crippen LogP contribution is -2.46. The Hall–Kier alpha value is -2.41. The summed E-state index contributed by atoms with van der Waals surface area (Å²) in [4.78, 5) is 26.3. The summed E-state index contributed by atoms with van der Waals surface area (Å²) in [6, 6.07) is 7.40. The van der Waals surface area contributed by atoms with Crippen molar-refractivity contribution in [2.24, 2.45) is 5.10 Å². The van der Waals surface area contributed by atoms with Crippen LogP contribution < -0.4 is 4.90 Å². The van der Waals surface area contributed by atoms with Gasteiger partial charge >= 0.3 is 5.97 Å². The van der Waals surface area contributed by atoms with E-state index >= 15 is 0 Å². The highest BCUT2D eigenvalue weighted by Crippen LogP contribution is 2.41. The van der Waals surface area contributed by atoms with Gasteiger partial charge in [-0.25, -0.2) is 0 Å². The van der Waals surface area contributed by atoms with E-state index in [4.69, 9.17) is 9.47 Å². The fraction of sp³-hybridized carbons (Fsp3) is 0.471. The van der Waals surface area contributed by atoms with Crippen LogP contribution in [0.4, 0.5) is 5.69 Å². The Morgan fingerprint density at radius 1 is 1.38 bits per heavy atom. The summed E-state index contributed by atoms with van der Waals surface area (Å²) in [5, 5.41) is 5.85. The van der Waals surface area contributed by atoms with Crippen molar-refractivity contribution < 1.29 is 19.1 Å². The van der Waals surface area contributed by atoms with Gasteiger partial charge in [-0.05, 0) is 6.07 Å². The highest BCUT2D eigenvalue weighted by molar-refractivity contribution is 6.18. The van der Waals surface area contributed by atoms with E-state index in [-0.39, 0.29) is 31.6 Å². The second-order valence-electron chi connectivity index (χ2n) is 5.75. The van der Waals surface area contributed by atoms with E-state index < -0.39 is 5.41 Å². The molecule has 0 N–H and O–H groups in total. The number of hydrogen-bond donors (Lipinski definition) is 0. The van der Waals surface area contributed by atoms with Gasteiger partial charge in [0.15, 0.2) is 0 Å². The molecule has 1 amide bonds. The predicted octanol–water partition coefficient (Wildman–Crippen LogP) is 1.38. The first-order chi connectivity index (χ1) is 11.5. The zero-order valence-corrected chi connectivity index (χ0v) is 14.5. The molecule has 0 aromatic heterocycles. The number of carbonyl (C=O) groups excluding carboxylic acids is 2. The first kappa shape index (κ1) is 17.9. The van der Waals surface area contributed by atoms with Crippen LogP contribution >= 0.6 is 0 Å². The fourth-order valence-corrected chi connectivity index (χ4v) is 2.62. The predicted molar refractivity (Wildman–Crippen MR) is 90.9 cm³/mol. The van der Waals surface area contributed by atoms with Gasteiger partial charge in [0.2, 0.25) is 5.91 Å². The lowest BCUT2D eigenvalue weighted by Gasteiger charge is -2.24. The van der Waals surface area contributed by atoms with E-state index in [0.717, 1.165) is 11.3 Å². The smallest absolute Gasteiger partial charge is 0.305 e. The molecule has 0 aliphatic carbocycles. The van der Waals surface area contributed by atoms with Gasteiger partial charge in [0, 0.05) is 39.4 Å². The maximum Gasteiger partial charge on any atom is 0.305 e. The van der Waals surface area contributed by atoms with E-state index in [1.54, 1.807) is 32.2 Å². The number of ether oxygens (including phenoxy) is 2. The molecule has 1 aromatic carbocycles. The van der Waals surface area contributed by atoms with Crippen molar-refractivity contribution in [3.05, 3.63) is 29.8 Å². The number of esters is 1. The van der Waals surface area contributed by atoms with Gasteiger partial charge in [-0.2, -0.15) is 5.10 Å². The number of para-hydroxylation sites is 1. The largest absolute Gasteiger partial charge is 0.464 e. The third-order valence-electron chi connectivity index (χ3n) is 3.82. The number of nitrogens with zero attached hydrogens (tertiary/aromatic N) is 3. The van der Waals surface area contributed by atoms with Gasteiger partial charge in [0.25, 0.3) is 0 Å². The first-order valence-corrected chi connectivity index (χ1v) is 7.74. The van der Waals surface area contributed by atoms with Crippen LogP contribution in [0.1, 0.15) is 18.9 Å². The second kappa shape index (κ2) is 7.44. The van der Waals surface area contributed by atoms with Crippen molar-refractivity contribution in [3.63, 3.8) is 0 Å². The van der Waals surface area contributed by atoms with Crippen LogP contribution in [0.2, 0.25) is 0 Å². The Labute approximate surface area is 141 Å². The van der Waals surface area contributed by atoms with E-state index in [1.165, 1.54) is 12.0 Å². The maximum absolute atomic E-state index is 13.1. The molecule has 0 radical (unpaired) electrons. The van der Waals surface area contributed by atoms with E-state index in [0.29, 0.717) is 0 Å². The lowest BCUT2D eigenvalue weighted by atomic mass is 9.83. The van der Waals surface area contributed by atoms with Crippen LogP contribution in [-0.4, -0.2) is 57.6 Å². The molecule has 0 fully saturated rings. The summed E-state index contributed by atoms with van der Waals surface area (Å²) in [6.45, 7) is 1.74. The summed E-state index contributed by atoms with van der Waals surface area (Å²) in [6.07, 6.45) is 1.80. The van der Waals surface area contributed by atoms with Gasteiger partial charge in [-0.15, -0.1) is 0 Å². The number of hydrogen-bond acceptors (Lipinski definition) is 6. The molecular formula is C17H23N3O4. The van der Waals surface area contributed by atoms with Gasteiger partial charge in [0.1, 0.15) is 18.8 Å². The van der Waals surface area contributed by atoms with Crippen LogP contribution in [0.25, 0.3) is 0 Å². The number of amides is 1. The van der Waals surface area contributed by atoms with Crippen molar-refractivity contribution in [1.82, 2.24) is 5.01 Å². The summed E-state index contributed by atoms with van der Waals surface area (Å²) < 4.78 is 10.5. The molecule has 0 bridgehead atoms. The third-order valence-corrected chi connectivity index (χ3v) is 3.82. The molecule has 1 aromatic rings. The molecule has 1 aliphatic rings. The average molecular weight is 333 g/mol. The lowest BCUT2D eigenvalue weighted by molar-refractivity contribution is -0.145. The standard InChI is InChI=1S/C17H23N3O4/c1-5-15(21)24-11-17(10-18-19(2)3)13-8-6-7-9-14(13)20(12-23-4)16(17)22/h6-10H,5,11-12H2,1-4H3/b18-10+. The third kappa shape index (κ3) is 3.26. The number of fused-ring (bicyclic) bond motifs is 1. The monoisotopic (exact) mass is 333 g/mol. The van der Waals surface area contributed by atoms with Gasteiger partial charge < -0.3 is 14.5 Å². The van der Waals surface area contributed by atoms with Crippen LogP contribution in [0.15, 0.2) is 29.4 Å². The molecule has 1 aliphatic heterocycles. The van der Waals surface area contributed by atoms with Crippen molar-refractivity contribution in [3.8, 4) is 0 Å². The molecule has 7 heteroatoms. The maximum atomic E-state index is 13.1. The van der Waals surface area contributed by atoms with Crippen molar-refractivity contribution in [2.75, 3.05) is 39.4 Å². The van der Waals surface area contributed by atoms with E-state index in [1.807, 2.05) is 24.3 Å². The normalized spacial score (nSPS) is 19.7. The highest BCUT2D eigenvalue weighted by atomic mass is 16.5. The number of hydrazone groups is 1. The number of anilines is 1. The van der Waals surface area contributed by atoms with Crippen molar-refractivity contribution >= 4 is 23.8 Å². The number of carbonyl (C=O) groups is 2. The van der Waals surface area contributed by atoms with Gasteiger partial charge in [-0.1, -0.05) is 25.1 Å². The van der Waals surface area contributed by atoms with Crippen LogP contribution in [0.5, 0.6) is 0 Å². The average Bonchev–Trinajstić information content (AvgIpc) is 2.81. The van der Waals surface area contributed by atoms with Gasteiger partial charge in [0.05, 0.1) is 5.69 Å². The minimum absolute atomic E-state index is 0.0902. The van der Waals surface area contributed by atoms with Crippen LogP contribution in [-0.2, 0) is 24.5 Å². The number of methoxy groups -OCH3 is 1. The van der Waals surface area contributed by atoms with Crippen LogP contribution in [0.3, 0.4) is 0 Å². The van der Waals surface area contributed by atoms with Gasteiger partial charge in [-0.3, -0.25) is 14.5 Å². The zero-order chi connectivity index (χ0) is 17.7. The summed E-state index contributed by atoms with van der Waals surface area (Å²) in [5.74, 6) is -0.580. The molecular weight excluding hydrogens is 310 g/mol. The molecule has 2 rings (SSSR count). The Kier molecular flexibility index (Phi) is 5.56. The SMILES string of the molecule is CCC(=O)OCC1(/C=N/N(C)C)C(=O)N(COC)c2ccccc21. The molecule has 7 nitrogen and oxygen atoms in total. The molecule has 1 heterocycles. The molecule has 0 saturated carbocycles. The molecule has 0 saturated heterocycles. The van der Waals surface area contributed by atoms with E-state index in [2.05, 4.69) is 5.10 Å². The highest BCUT2D eigenvalue weighted by Gasteiger charge is 2.51. The molecule has 130 valence electrons. The van der Waals surface area contributed by atoms with Crippen molar-refractivity contribution in [2.45, 2.75) is 18.8 Å². The molecule has 0 spiro atoms. The summed E-state index contributed by atoms with van der Waals surface area (Å²) >= 11 is 0. The summed E-state index contributed by atoms with van der Waals surface area (Å²) in [7, 11) is 5.06. The quantitative estimate of drug-likeness (QED) is 0.428. The fourth-order valence-electron chi connectivity index (χ4n) is 2.62. The Morgan fingerprint density at radius 3 is 2.71 bits per heavy atom. The van der Waals surface area contributed by atoms with Crippen LogP contribution in [0, 0.1) is 0 Å². The van der Waals surface area contributed by atoms with Crippen molar-refractivity contribution in [1.29, 1.82) is 0 Å². The topological polar surface area (TPSA) is 71.4 Å². The second-order valence-corrected chi connectivity index (χ2v) is 5.75. The Bertz CT molecular complexity index is 644. The van der Waals surface area contributed by atoms with E-state index in [9.17, 15) is 9.59 Å². The minimum atomic E-state index is -1.15. The Morgan fingerprint density at radius 2 is 2.08 bits per heavy atom. The minimum Gasteiger partial charge on any atom is -0.464 e. The number of benzene rings is 1. The molecule has 24 heavy (non-hydrogen) atoms. The molecule has 1 unspecified atom stereocenters. The zero-order valence-electron chi connectivity index (χ0n) is 14.5. The first-order valence-electron chi connectivity index (χ1n) is 7.74. The Balaban J connectivity index is 2.51.